The van der Waals surface area contributed by atoms with Crippen molar-refractivity contribution >= 4 is 5.82 Å². The molecular formula is C16H20N2O2. The van der Waals surface area contributed by atoms with Crippen LogP contribution in [0.1, 0.15) is 12.0 Å². The predicted molar refractivity (Wildman–Crippen MR) is 80.0 cm³/mol. The minimum Gasteiger partial charge on any atom is -0.494 e. The van der Waals surface area contributed by atoms with Gasteiger partial charge in [0.15, 0.2) is 0 Å². The Kier molecular flexibility index (Phi) is 5.86. The normalized spacial score (nSPS) is 10.2. The summed E-state index contributed by atoms with van der Waals surface area (Å²) in [5.74, 6) is 1.77. The monoisotopic (exact) mass is 272 g/mol. The van der Waals surface area contributed by atoms with Crippen LogP contribution < -0.4 is 10.1 Å². The molecule has 0 saturated carbocycles. The van der Waals surface area contributed by atoms with Crippen LogP contribution in [0.5, 0.6) is 5.75 Å². The first kappa shape index (κ1) is 14.3. The minimum atomic E-state index is 0.680. The molecule has 1 heterocycles. The van der Waals surface area contributed by atoms with Gasteiger partial charge in [-0.15, -0.1) is 0 Å². The van der Waals surface area contributed by atoms with Gasteiger partial charge in [-0.1, -0.05) is 18.2 Å². The number of rotatable bonds is 8. The van der Waals surface area contributed by atoms with Gasteiger partial charge in [-0.3, -0.25) is 0 Å². The van der Waals surface area contributed by atoms with Gasteiger partial charge >= 0.3 is 0 Å². The summed E-state index contributed by atoms with van der Waals surface area (Å²) in [6.07, 6.45) is 2.68. The molecule has 2 rings (SSSR count). The number of ether oxygens (including phenoxy) is 2. The molecule has 1 aromatic heterocycles. The van der Waals surface area contributed by atoms with E-state index in [1.807, 2.05) is 30.3 Å². The lowest BCUT2D eigenvalue weighted by atomic mass is 10.2. The summed E-state index contributed by atoms with van der Waals surface area (Å²) in [7, 11) is 1.70. The molecule has 0 fully saturated rings. The van der Waals surface area contributed by atoms with Crippen molar-refractivity contribution in [3.63, 3.8) is 0 Å². The summed E-state index contributed by atoms with van der Waals surface area (Å²) in [5, 5.41) is 3.27. The van der Waals surface area contributed by atoms with E-state index in [-0.39, 0.29) is 0 Å². The number of nitrogens with zero attached hydrogens (tertiary/aromatic N) is 1. The van der Waals surface area contributed by atoms with Crippen molar-refractivity contribution in [3.8, 4) is 5.75 Å². The second kappa shape index (κ2) is 8.17. The third-order valence-corrected chi connectivity index (χ3v) is 2.82. The number of methoxy groups -OCH3 is 1. The van der Waals surface area contributed by atoms with Crippen LogP contribution in [0, 0.1) is 0 Å². The summed E-state index contributed by atoms with van der Waals surface area (Å²) in [6, 6.07) is 13.9. The van der Waals surface area contributed by atoms with Gasteiger partial charge in [-0.25, -0.2) is 4.98 Å². The molecular weight excluding hydrogens is 252 g/mol. The van der Waals surface area contributed by atoms with Crippen LogP contribution in [0.2, 0.25) is 0 Å². The van der Waals surface area contributed by atoms with E-state index in [9.17, 15) is 0 Å². The van der Waals surface area contributed by atoms with Crippen molar-refractivity contribution in [2.75, 3.05) is 25.6 Å². The van der Waals surface area contributed by atoms with Gasteiger partial charge in [0.1, 0.15) is 11.6 Å². The summed E-state index contributed by atoms with van der Waals surface area (Å²) >= 11 is 0. The Morgan fingerprint density at radius 3 is 2.60 bits per heavy atom. The molecule has 106 valence electrons. The summed E-state index contributed by atoms with van der Waals surface area (Å²) < 4.78 is 10.6. The van der Waals surface area contributed by atoms with Crippen LogP contribution >= 0.6 is 0 Å². The van der Waals surface area contributed by atoms with Gasteiger partial charge in [-0.05, 0) is 29.8 Å². The molecule has 0 radical (unpaired) electrons. The molecule has 0 amide bonds. The maximum atomic E-state index is 5.61. The minimum absolute atomic E-state index is 0.680. The Labute approximate surface area is 119 Å². The topological polar surface area (TPSA) is 43.4 Å². The van der Waals surface area contributed by atoms with E-state index in [4.69, 9.17) is 9.47 Å². The average Bonchev–Trinajstić information content (AvgIpc) is 2.52. The largest absolute Gasteiger partial charge is 0.494 e. The molecule has 0 aliphatic carbocycles. The molecule has 1 N–H and O–H groups in total. The standard InChI is InChI=1S/C16H20N2O2/c1-19-11-4-12-20-15-8-6-14(7-9-15)13-18-16-5-2-3-10-17-16/h2-3,5-10H,4,11-13H2,1H3,(H,17,18). The Morgan fingerprint density at radius 2 is 1.90 bits per heavy atom. The van der Waals surface area contributed by atoms with Crippen LogP contribution in [0.3, 0.4) is 0 Å². The van der Waals surface area contributed by atoms with E-state index in [0.29, 0.717) is 6.61 Å². The lowest BCUT2D eigenvalue weighted by Crippen LogP contribution is -2.02. The second-order valence-corrected chi connectivity index (χ2v) is 4.41. The number of pyridine rings is 1. The molecule has 4 nitrogen and oxygen atoms in total. The summed E-state index contributed by atoms with van der Waals surface area (Å²) in [4.78, 5) is 4.22. The third kappa shape index (κ3) is 4.90. The summed E-state index contributed by atoms with van der Waals surface area (Å²) in [5.41, 5.74) is 1.19. The van der Waals surface area contributed by atoms with E-state index in [2.05, 4.69) is 22.4 Å². The van der Waals surface area contributed by atoms with Gasteiger partial charge in [0.05, 0.1) is 6.61 Å². The Hall–Kier alpha value is -2.07. The van der Waals surface area contributed by atoms with Crippen LogP contribution in [-0.4, -0.2) is 25.3 Å². The molecule has 0 bridgehead atoms. The van der Waals surface area contributed by atoms with Crippen molar-refractivity contribution in [2.24, 2.45) is 0 Å². The first-order valence-corrected chi connectivity index (χ1v) is 6.74. The van der Waals surface area contributed by atoms with Crippen molar-refractivity contribution in [2.45, 2.75) is 13.0 Å². The van der Waals surface area contributed by atoms with Crippen molar-refractivity contribution in [1.82, 2.24) is 4.98 Å². The summed E-state index contributed by atoms with van der Waals surface area (Å²) in [6.45, 7) is 2.16. The fourth-order valence-corrected chi connectivity index (χ4v) is 1.76. The van der Waals surface area contributed by atoms with Crippen molar-refractivity contribution in [1.29, 1.82) is 0 Å². The van der Waals surface area contributed by atoms with E-state index < -0.39 is 0 Å². The molecule has 0 unspecified atom stereocenters. The lowest BCUT2D eigenvalue weighted by molar-refractivity contribution is 0.172. The van der Waals surface area contributed by atoms with Gasteiger partial charge in [0.2, 0.25) is 0 Å². The number of benzene rings is 1. The fraction of sp³-hybridized carbons (Fsp3) is 0.312. The molecule has 20 heavy (non-hydrogen) atoms. The van der Waals surface area contributed by atoms with E-state index in [1.165, 1.54) is 5.56 Å². The van der Waals surface area contributed by atoms with Crippen molar-refractivity contribution < 1.29 is 9.47 Å². The van der Waals surface area contributed by atoms with Crippen molar-refractivity contribution in [3.05, 3.63) is 54.2 Å². The molecule has 4 heteroatoms. The maximum Gasteiger partial charge on any atom is 0.126 e. The van der Waals surface area contributed by atoms with Gasteiger partial charge in [0.25, 0.3) is 0 Å². The highest BCUT2D eigenvalue weighted by atomic mass is 16.5. The molecule has 0 saturated heterocycles. The highest BCUT2D eigenvalue weighted by Gasteiger charge is 1.97. The molecule has 0 aliphatic heterocycles. The average molecular weight is 272 g/mol. The van der Waals surface area contributed by atoms with Crippen LogP contribution in [0.15, 0.2) is 48.7 Å². The zero-order valence-corrected chi connectivity index (χ0v) is 11.7. The maximum absolute atomic E-state index is 5.61. The Bertz CT molecular complexity index is 486. The SMILES string of the molecule is COCCCOc1ccc(CNc2ccccn2)cc1. The van der Waals surface area contributed by atoms with Gasteiger partial charge in [0, 0.05) is 32.9 Å². The number of anilines is 1. The fourth-order valence-electron chi connectivity index (χ4n) is 1.76. The first-order chi connectivity index (χ1) is 9.88. The van der Waals surface area contributed by atoms with Crippen LogP contribution in [0.25, 0.3) is 0 Å². The smallest absolute Gasteiger partial charge is 0.126 e. The van der Waals surface area contributed by atoms with Crippen LogP contribution in [0.4, 0.5) is 5.82 Å². The molecule has 0 atom stereocenters. The Balaban J connectivity index is 1.76. The highest BCUT2D eigenvalue weighted by Crippen LogP contribution is 2.13. The van der Waals surface area contributed by atoms with E-state index in [1.54, 1.807) is 13.3 Å². The quantitative estimate of drug-likeness (QED) is 0.750. The lowest BCUT2D eigenvalue weighted by Gasteiger charge is -2.08. The molecule has 2 aromatic rings. The van der Waals surface area contributed by atoms with E-state index >= 15 is 0 Å². The predicted octanol–water partition coefficient (Wildman–Crippen LogP) is 3.11. The molecule has 0 aliphatic rings. The van der Waals surface area contributed by atoms with Gasteiger partial charge in [-0.2, -0.15) is 0 Å². The number of hydrogen-bond donors (Lipinski definition) is 1. The van der Waals surface area contributed by atoms with Crippen LogP contribution in [-0.2, 0) is 11.3 Å². The molecule has 1 aromatic carbocycles. The number of nitrogens with one attached hydrogen (secondary N) is 1. The number of aromatic nitrogens is 1. The van der Waals surface area contributed by atoms with E-state index in [0.717, 1.165) is 31.1 Å². The first-order valence-electron chi connectivity index (χ1n) is 6.74. The molecule has 0 spiro atoms. The second-order valence-electron chi connectivity index (χ2n) is 4.41. The zero-order chi connectivity index (χ0) is 14.0. The van der Waals surface area contributed by atoms with Gasteiger partial charge < -0.3 is 14.8 Å². The third-order valence-electron chi connectivity index (χ3n) is 2.82. The highest BCUT2D eigenvalue weighted by molar-refractivity contribution is 5.35. The Morgan fingerprint density at radius 1 is 1.05 bits per heavy atom. The zero-order valence-electron chi connectivity index (χ0n) is 11.7. The number of hydrogen-bond acceptors (Lipinski definition) is 4.